The van der Waals surface area contributed by atoms with Gasteiger partial charge in [-0.15, -0.1) is 0 Å². The number of nitrogens with zero attached hydrogens (tertiary/aromatic N) is 4. The van der Waals surface area contributed by atoms with Crippen molar-refractivity contribution in [2.45, 2.75) is 20.3 Å². The number of aromatic nitrogens is 3. The molecular formula is C21H23N5O. The van der Waals surface area contributed by atoms with Crippen LogP contribution in [0.25, 0.3) is 0 Å². The Balaban J connectivity index is 1.67. The van der Waals surface area contributed by atoms with Crippen molar-refractivity contribution in [2.24, 2.45) is 0 Å². The maximum atomic E-state index is 12.6. The van der Waals surface area contributed by atoms with E-state index < -0.39 is 0 Å². The number of hydrogen-bond acceptors (Lipinski definition) is 5. The highest BCUT2D eigenvalue weighted by atomic mass is 16.1. The smallest absolute Gasteiger partial charge is 0.274 e. The van der Waals surface area contributed by atoms with E-state index in [0.717, 1.165) is 29.8 Å². The summed E-state index contributed by atoms with van der Waals surface area (Å²) in [5.74, 6) is 0.281. The van der Waals surface area contributed by atoms with Gasteiger partial charge in [0.2, 0.25) is 5.95 Å². The molecule has 0 atom stereocenters. The lowest BCUT2D eigenvalue weighted by molar-refractivity contribution is 0.102. The lowest BCUT2D eigenvalue weighted by Gasteiger charge is -2.17. The predicted molar refractivity (Wildman–Crippen MR) is 107 cm³/mol. The lowest BCUT2D eigenvalue weighted by atomic mass is 10.1. The van der Waals surface area contributed by atoms with Crippen LogP contribution in [0, 0.1) is 13.8 Å². The molecular weight excluding hydrogens is 338 g/mol. The fraction of sp³-hybridized carbons (Fsp3) is 0.238. The molecule has 1 aromatic carbocycles. The molecule has 6 heteroatoms. The van der Waals surface area contributed by atoms with Crippen LogP contribution in [0.3, 0.4) is 0 Å². The summed E-state index contributed by atoms with van der Waals surface area (Å²) in [6.45, 7) is 4.75. The van der Waals surface area contributed by atoms with Gasteiger partial charge in [0.05, 0.1) is 0 Å². The zero-order chi connectivity index (χ0) is 19.2. The third-order valence-electron chi connectivity index (χ3n) is 4.18. The van der Waals surface area contributed by atoms with Gasteiger partial charge in [0.25, 0.3) is 5.91 Å². The zero-order valence-corrected chi connectivity index (χ0v) is 15.8. The number of pyridine rings is 1. The molecule has 0 aliphatic heterocycles. The molecule has 3 aromatic rings. The van der Waals surface area contributed by atoms with Crippen molar-refractivity contribution in [3.63, 3.8) is 0 Å². The second kappa shape index (κ2) is 8.40. The molecule has 1 N–H and O–H groups in total. The third-order valence-corrected chi connectivity index (χ3v) is 4.18. The highest BCUT2D eigenvalue weighted by Gasteiger charge is 2.12. The number of carbonyl (C=O) groups is 1. The van der Waals surface area contributed by atoms with Crippen LogP contribution in [0.2, 0.25) is 0 Å². The minimum Gasteiger partial charge on any atom is -0.344 e. The first-order valence-electron chi connectivity index (χ1n) is 8.84. The highest BCUT2D eigenvalue weighted by molar-refractivity contribution is 6.03. The standard InChI is InChI=1S/C21H23N5O/c1-15-12-16(2)14-18(13-15)24-20(27)19-6-10-23-21(25-19)26(3)11-7-17-4-8-22-9-5-17/h4-6,8-10,12-14H,7,11H2,1-3H3,(H,24,27). The topological polar surface area (TPSA) is 71.0 Å². The molecule has 0 saturated heterocycles. The van der Waals surface area contributed by atoms with Crippen LogP contribution >= 0.6 is 0 Å². The molecule has 0 fully saturated rings. The van der Waals surface area contributed by atoms with Gasteiger partial charge in [-0.05, 0) is 67.3 Å². The third kappa shape index (κ3) is 5.10. The largest absolute Gasteiger partial charge is 0.344 e. The molecule has 0 aliphatic rings. The van der Waals surface area contributed by atoms with Crippen molar-refractivity contribution in [3.8, 4) is 0 Å². The van der Waals surface area contributed by atoms with Gasteiger partial charge >= 0.3 is 0 Å². The summed E-state index contributed by atoms with van der Waals surface area (Å²) in [5, 5.41) is 2.91. The maximum absolute atomic E-state index is 12.6. The SMILES string of the molecule is Cc1cc(C)cc(NC(=O)c2ccnc(N(C)CCc3ccncc3)n2)c1. The van der Waals surface area contributed by atoms with Gasteiger partial charge in [-0.2, -0.15) is 0 Å². The van der Waals surface area contributed by atoms with E-state index in [0.29, 0.717) is 11.6 Å². The van der Waals surface area contributed by atoms with E-state index in [1.165, 1.54) is 5.56 Å². The van der Waals surface area contributed by atoms with E-state index in [-0.39, 0.29) is 5.91 Å². The fourth-order valence-corrected chi connectivity index (χ4v) is 2.85. The number of benzene rings is 1. The lowest BCUT2D eigenvalue weighted by Crippen LogP contribution is -2.24. The summed E-state index contributed by atoms with van der Waals surface area (Å²) < 4.78 is 0. The molecule has 0 unspecified atom stereocenters. The number of anilines is 2. The van der Waals surface area contributed by atoms with Gasteiger partial charge in [-0.1, -0.05) is 6.07 Å². The number of likely N-dealkylation sites (N-methyl/N-ethyl adjacent to an activating group) is 1. The first kappa shape index (κ1) is 18.5. The van der Waals surface area contributed by atoms with Crippen molar-refractivity contribution >= 4 is 17.5 Å². The summed E-state index contributed by atoms with van der Waals surface area (Å²) in [7, 11) is 1.92. The highest BCUT2D eigenvalue weighted by Crippen LogP contribution is 2.15. The number of amides is 1. The second-order valence-electron chi connectivity index (χ2n) is 6.60. The van der Waals surface area contributed by atoms with Crippen LogP contribution in [-0.2, 0) is 6.42 Å². The minimum absolute atomic E-state index is 0.244. The first-order chi connectivity index (χ1) is 13.0. The Kier molecular flexibility index (Phi) is 5.76. The van der Waals surface area contributed by atoms with Crippen molar-refractivity contribution in [3.05, 3.63) is 77.4 Å². The Hall–Kier alpha value is -3.28. The van der Waals surface area contributed by atoms with Gasteiger partial charge < -0.3 is 10.2 Å². The second-order valence-corrected chi connectivity index (χ2v) is 6.60. The summed E-state index contributed by atoms with van der Waals surface area (Å²) in [4.78, 5) is 27.2. The Labute approximate surface area is 159 Å². The van der Waals surface area contributed by atoms with Crippen LogP contribution in [0.5, 0.6) is 0 Å². The van der Waals surface area contributed by atoms with Gasteiger partial charge in [-0.3, -0.25) is 9.78 Å². The van der Waals surface area contributed by atoms with Crippen molar-refractivity contribution in [2.75, 3.05) is 23.8 Å². The van der Waals surface area contributed by atoms with E-state index in [4.69, 9.17) is 0 Å². The first-order valence-corrected chi connectivity index (χ1v) is 8.84. The van der Waals surface area contributed by atoms with E-state index in [9.17, 15) is 4.79 Å². The Morgan fingerprint density at radius 1 is 1.04 bits per heavy atom. The van der Waals surface area contributed by atoms with E-state index in [2.05, 4.69) is 26.3 Å². The van der Waals surface area contributed by atoms with E-state index in [1.54, 1.807) is 24.7 Å². The normalized spacial score (nSPS) is 10.5. The van der Waals surface area contributed by atoms with Crippen molar-refractivity contribution < 1.29 is 4.79 Å². The maximum Gasteiger partial charge on any atom is 0.274 e. The number of carbonyl (C=O) groups excluding carboxylic acids is 1. The molecule has 3 rings (SSSR count). The average Bonchev–Trinajstić information content (AvgIpc) is 2.66. The molecule has 0 bridgehead atoms. The van der Waals surface area contributed by atoms with Crippen LogP contribution in [0.15, 0.2) is 55.0 Å². The van der Waals surface area contributed by atoms with Crippen LogP contribution in [-0.4, -0.2) is 34.5 Å². The van der Waals surface area contributed by atoms with Gasteiger partial charge in [0.1, 0.15) is 5.69 Å². The van der Waals surface area contributed by atoms with E-state index >= 15 is 0 Å². The molecule has 0 spiro atoms. The number of hydrogen-bond donors (Lipinski definition) is 1. The quantitative estimate of drug-likeness (QED) is 0.728. The van der Waals surface area contributed by atoms with E-state index in [1.807, 2.05) is 50.1 Å². The van der Waals surface area contributed by atoms with Crippen molar-refractivity contribution in [1.29, 1.82) is 0 Å². The molecule has 1 amide bonds. The van der Waals surface area contributed by atoms with Gasteiger partial charge in [0.15, 0.2) is 0 Å². The summed E-state index contributed by atoms with van der Waals surface area (Å²) >= 11 is 0. The molecule has 2 aromatic heterocycles. The molecule has 6 nitrogen and oxygen atoms in total. The van der Waals surface area contributed by atoms with Crippen LogP contribution in [0.4, 0.5) is 11.6 Å². The molecule has 27 heavy (non-hydrogen) atoms. The average molecular weight is 361 g/mol. The number of nitrogens with one attached hydrogen (secondary N) is 1. The Morgan fingerprint density at radius 3 is 2.44 bits per heavy atom. The van der Waals surface area contributed by atoms with Crippen LogP contribution < -0.4 is 10.2 Å². The molecule has 0 aliphatic carbocycles. The number of aryl methyl sites for hydroxylation is 2. The van der Waals surface area contributed by atoms with Gasteiger partial charge in [-0.25, -0.2) is 9.97 Å². The Bertz CT molecular complexity index is 907. The van der Waals surface area contributed by atoms with Gasteiger partial charge in [0, 0.05) is 37.9 Å². The fourth-order valence-electron chi connectivity index (χ4n) is 2.85. The molecule has 138 valence electrons. The zero-order valence-electron chi connectivity index (χ0n) is 15.8. The Morgan fingerprint density at radius 2 is 1.74 bits per heavy atom. The predicted octanol–water partition coefficient (Wildman–Crippen LogP) is 3.42. The number of rotatable bonds is 6. The molecule has 0 radical (unpaired) electrons. The molecule has 0 saturated carbocycles. The monoisotopic (exact) mass is 361 g/mol. The van der Waals surface area contributed by atoms with Crippen LogP contribution in [0.1, 0.15) is 27.2 Å². The minimum atomic E-state index is -0.244. The summed E-state index contributed by atoms with van der Waals surface area (Å²) in [5.41, 5.74) is 4.51. The summed E-state index contributed by atoms with van der Waals surface area (Å²) in [6.07, 6.45) is 6.02. The summed E-state index contributed by atoms with van der Waals surface area (Å²) in [6, 6.07) is 11.5. The van der Waals surface area contributed by atoms with Crippen molar-refractivity contribution in [1.82, 2.24) is 15.0 Å². The molecule has 2 heterocycles.